The number of carbonyl (C=O) groups excluding carboxylic acids is 1. The molecule has 1 atom stereocenters. The van der Waals surface area contributed by atoms with Crippen LogP contribution in [0.15, 0.2) is 30.6 Å². The highest BCUT2D eigenvalue weighted by Crippen LogP contribution is 2.60. The van der Waals surface area contributed by atoms with Gasteiger partial charge in [-0.1, -0.05) is 5.21 Å². The van der Waals surface area contributed by atoms with Crippen molar-refractivity contribution >= 4 is 16.9 Å². The number of ether oxygens (including phenoxy) is 2. The second-order valence-corrected chi connectivity index (χ2v) is 10.4. The van der Waals surface area contributed by atoms with Crippen molar-refractivity contribution in [3.8, 4) is 5.75 Å². The number of amides is 2. The zero-order chi connectivity index (χ0) is 23.1. The van der Waals surface area contributed by atoms with E-state index in [0.29, 0.717) is 13.2 Å². The fraction of sp³-hybridized carbons (Fsp3) is 0.520. The maximum atomic E-state index is 12.7. The van der Waals surface area contributed by atoms with Crippen molar-refractivity contribution in [2.45, 2.75) is 56.4 Å². The second kappa shape index (κ2) is 6.91. The second-order valence-electron chi connectivity index (χ2n) is 10.4. The molecule has 2 bridgehead atoms. The summed E-state index contributed by atoms with van der Waals surface area (Å²) in [4.78, 5) is 21.2. The van der Waals surface area contributed by atoms with Crippen LogP contribution in [0.2, 0.25) is 0 Å². The summed E-state index contributed by atoms with van der Waals surface area (Å²) in [6, 6.07) is 6.20. The molecule has 9 nitrogen and oxygen atoms in total. The maximum Gasteiger partial charge on any atom is 0.320 e. The van der Waals surface area contributed by atoms with Gasteiger partial charge in [0.2, 0.25) is 0 Å². The number of pyridine rings is 1. The third-order valence-electron chi connectivity index (χ3n) is 8.33. The average Bonchev–Trinajstić information content (AvgIpc) is 3.53. The lowest BCUT2D eigenvalue weighted by molar-refractivity contribution is 0.0297. The van der Waals surface area contributed by atoms with E-state index in [4.69, 9.17) is 9.47 Å². The lowest BCUT2D eigenvalue weighted by Gasteiger charge is -2.50. The third-order valence-corrected chi connectivity index (χ3v) is 8.33. The largest absolute Gasteiger partial charge is 0.484 e. The summed E-state index contributed by atoms with van der Waals surface area (Å²) >= 11 is 0. The molecule has 9 heteroatoms. The van der Waals surface area contributed by atoms with Crippen LogP contribution in [0, 0.1) is 0 Å². The Bertz CT molecular complexity index is 1310. The molecule has 0 unspecified atom stereocenters. The number of hydrogen-bond donors (Lipinski definition) is 0. The minimum atomic E-state index is -0.246. The number of carbonyl (C=O) groups is 1. The maximum absolute atomic E-state index is 12.7. The Morgan fingerprint density at radius 2 is 2.12 bits per heavy atom. The van der Waals surface area contributed by atoms with Gasteiger partial charge in [0.15, 0.2) is 0 Å². The van der Waals surface area contributed by atoms with Gasteiger partial charge in [0.05, 0.1) is 36.0 Å². The molecular formula is C25H28N6O3. The highest BCUT2D eigenvalue weighted by Gasteiger charge is 2.69. The first-order valence-corrected chi connectivity index (χ1v) is 12.1. The molecule has 1 saturated carbocycles. The molecule has 4 fully saturated rings. The fourth-order valence-corrected chi connectivity index (χ4v) is 6.51. The van der Waals surface area contributed by atoms with Gasteiger partial charge in [-0.3, -0.25) is 4.98 Å². The van der Waals surface area contributed by atoms with Crippen LogP contribution in [0.3, 0.4) is 0 Å². The predicted molar refractivity (Wildman–Crippen MR) is 123 cm³/mol. The smallest absolute Gasteiger partial charge is 0.320 e. The molecule has 0 radical (unpaired) electrons. The molecular weight excluding hydrogens is 432 g/mol. The number of aromatic nitrogens is 4. The van der Waals surface area contributed by atoms with E-state index in [2.05, 4.69) is 26.3 Å². The summed E-state index contributed by atoms with van der Waals surface area (Å²) < 4.78 is 13.9. The number of nitrogens with zero attached hydrogens (tertiary/aromatic N) is 6. The Morgan fingerprint density at radius 1 is 1.24 bits per heavy atom. The summed E-state index contributed by atoms with van der Waals surface area (Å²) in [5.41, 5.74) is 4.11. The van der Waals surface area contributed by atoms with E-state index < -0.39 is 0 Å². The van der Waals surface area contributed by atoms with Crippen molar-refractivity contribution in [1.82, 2.24) is 29.8 Å². The molecule has 34 heavy (non-hydrogen) atoms. The Labute approximate surface area is 197 Å². The highest BCUT2D eigenvalue weighted by molar-refractivity contribution is 5.84. The predicted octanol–water partition coefficient (Wildman–Crippen LogP) is 3.04. The van der Waals surface area contributed by atoms with Crippen LogP contribution < -0.4 is 4.74 Å². The van der Waals surface area contributed by atoms with E-state index in [9.17, 15) is 4.79 Å². The number of urea groups is 1. The first kappa shape index (κ1) is 20.2. The number of hydrogen-bond acceptors (Lipinski definition) is 6. The van der Waals surface area contributed by atoms with E-state index in [-0.39, 0.29) is 23.2 Å². The number of rotatable bonds is 4. The molecule has 176 valence electrons. The summed E-state index contributed by atoms with van der Waals surface area (Å²) in [5, 5.41) is 10.1. The van der Waals surface area contributed by atoms with Crippen molar-refractivity contribution in [3.63, 3.8) is 0 Å². The average molecular weight is 461 g/mol. The van der Waals surface area contributed by atoms with Crippen LogP contribution in [0.25, 0.3) is 10.9 Å². The summed E-state index contributed by atoms with van der Waals surface area (Å²) in [5.74, 6) is 0.795. The first-order chi connectivity index (χ1) is 16.5. The molecule has 4 aliphatic heterocycles. The lowest BCUT2D eigenvalue weighted by atomic mass is 9.65. The van der Waals surface area contributed by atoms with Crippen LogP contribution in [0.4, 0.5) is 4.79 Å². The van der Waals surface area contributed by atoms with E-state index in [1.165, 1.54) is 5.56 Å². The van der Waals surface area contributed by atoms with Gasteiger partial charge in [0.1, 0.15) is 17.5 Å². The van der Waals surface area contributed by atoms with Gasteiger partial charge in [-0.2, -0.15) is 0 Å². The summed E-state index contributed by atoms with van der Waals surface area (Å²) in [7, 11) is 1.89. The van der Waals surface area contributed by atoms with Crippen molar-refractivity contribution in [2.75, 3.05) is 26.7 Å². The van der Waals surface area contributed by atoms with Crippen LogP contribution in [-0.4, -0.2) is 68.1 Å². The van der Waals surface area contributed by atoms with E-state index in [1.807, 2.05) is 48.1 Å². The zero-order valence-electron chi connectivity index (χ0n) is 19.5. The molecule has 1 aliphatic carbocycles. The minimum Gasteiger partial charge on any atom is -0.484 e. The molecule has 2 aromatic heterocycles. The third kappa shape index (κ3) is 2.76. The molecule has 2 amide bonds. The molecule has 6 heterocycles. The van der Waals surface area contributed by atoms with Gasteiger partial charge < -0.3 is 19.3 Å². The molecule has 8 rings (SSSR count). The standard InChI is InChI=1S/C25H28N6O3/c1-16(34-18-3-4-21-20(9-18)19-5-8-33-12-17(19)10-26-21)22-11-31(28-27-22)25-13-24(14-25)6-7-29(2)23(32)30(24)15-25/h3-4,9-11,16H,5-8,12-15H2,1-2H3/t16-,24?,25?/m1/s1. The van der Waals surface area contributed by atoms with E-state index in [0.717, 1.165) is 66.7 Å². The Balaban J connectivity index is 1.12. The molecule has 3 aromatic rings. The van der Waals surface area contributed by atoms with Crippen molar-refractivity contribution in [1.29, 1.82) is 0 Å². The van der Waals surface area contributed by atoms with Gasteiger partial charge >= 0.3 is 6.03 Å². The molecule has 3 saturated heterocycles. The van der Waals surface area contributed by atoms with Gasteiger partial charge in [-0.15, -0.1) is 5.10 Å². The topological polar surface area (TPSA) is 85.6 Å². The highest BCUT2D eigenvalue weighted by atomic mass is 16.5. The summed E-state index contributed by atoms with van der Waals surface area (Å²) in [6.07, 6.45) is 7.53. The van der Waals surface area contributed by atoms with Gasteiger partial charge in [-0.05, 0) is 61.9 Å². The summed E-state index contributed by atoms with van der Waals surface area (Å²) in [6.45, 7) is 4.89. The molecule has 1 aromatic carbocycles. The normalized spacial score (nSPS) is 28.5. The molecule has 5 aliphatic rings. The molecule has 0 N–H and O–H groups in total. The van der Waals surface area contributed by atoms with Gasteiger partial charge in [0.25, 0.3) is 0 Å². The fourth-order valence-electron chi connectivity index (χ4n) is 6.51. The van der Waals surface area contributed by atoms with Gasteiger partial charge in [-0.25, -0.2) is 9.48 Å². The van der Waals surface area contributed by atoms with Gasteiger partial charge in [0, 0.05) is 31.7 Å². The van der Waals surface area contributed by atoms with Crippen molar-refractivity contribution in [3.05, 3.63) is 47.4 Å². The SMILES string of the molecule is C[C@@H](Oc1ccc2ncc3c(c2c1)CCOC3)c1cn(C23CN4C(=O)N(C)CCC4(C2)C3)nn1. The zero-order valence-corrected chi connectivity index (χ0v) is 19.5. The first-order valence-electron chi connectivity index (χ1n) is 12.1. The Kier molecular flexibility index (Phi) is 4.11. The van der Waals surface area contributed by atoms with Crippen LogP contribution in [-0.2, 0) is 23.3 Å². The van der Waals surface area contributed by atoms with Crippen molar-refractivity contribution < 1.29 is 14.3 Å². The molecule has 1 spiro atoms. The minimum absolute atomic E-state index is 0.0150. The number of benzene rings is 1. The van der Waals surface area contributed by atoms with Crippen molar-refractivity contribution in [2.24, 2.45) is 0 Å². The van der Waals surface area contributed by atoms with Crippen LogP contribution in [0.5, 0.6) is 5.75 Å². The lowest BCUT2D eigenvalue weighted by Crippen LogP contribution is -2.60. The number of fused-ring (bicyclic) bond motifs is 3. The van der Waals surface area contributed by atoms with Crippen LogP contribution >= 0.6 is 0 Å². The monoisotopic (exact) mass is 460 g/mol. The van der Waals surface area contributed by atoms with E-state index >= 15 is 0 Å². The Hall–Kier alpha value is -3.20. The quantitative estimate of drug-likeness (QED) is 0.595. The van der Waals surface area contributed by atoms with E-state index in [1.54, 1.807) is 0 Å². The Morgan fingerprint density at radius 3 is 3.00 bits per heavy atom. The van der Waals surface area contributed by atoms with Crippen LogP contribution in [0.1, 0.15) is 49.1 Å².